The second-order valence-corrected chi connectivity index (χ2v) is 6.95. The molecular weight excluding hydrogens is 309 g/mol. The summed E-state index contributed by atoms with van der Waals surface area (Å²) in [6.45, 7) is 3.13. The van der Waals surface area contributed by atoms with Crippen LogP contribution in [0.2, 0.25) is 4.34 Å². The number of nitrogens with zero attached hydrogens (tertiary/aromatic N) is 1. The molecule has 0 fully saturated rings. The summed E-state index contributed by atoms with van der Waals surface area (Å²) in [4.78, 5) is 15.5. The van der Waals surface area contributed by atoms with Gasteiger partial charge in [0.25, 0.3) is 0 Å². The second kappa shape index (κ2) is 7.16. The van der Waals surface area contributed by atoms with E-state index in [-0.39, 0.29) is 17.3 Å². The van der Waals surface area contributed by atoms with Crippen molar-refractivity contribution in [1.29, 1.82) is 0 Å². The standard InChI is InChI=1S/C16H17ClFNOS/c1-11(16(20)13-5-3-4-6-14(13)18)9-19(2)10-12-7-8-15(17)21-12/h3-8,11H,9-10H2,1-2H3. The van der Waals surface area contributed by atoms with Crippen molar-refractivity contribution in [3.8, 4) is 0 Å². The van der Waals surface area contributed by atoms with Crippen molar-refractivity contribution in [2.45, 2.75) is 13.5 Å². The molecule has 21 heavy (non-hydrogen) atoms. The highest BCUT2D eigenvalue weighted by atomic mass is 35.5. The van der Waals surface area contributed by atoms with E-state index in [1.54, 1.807) is 12.1 Å². The Morgan fingerprint density at radius 3 is 2.67 bits per heavy atom. The van der Waals surface area contributed by atoms with Crippen molar-refractivity contribution >= 4 is 28.7 Å². The van der Waals surface area contributed by atoms with Gasteiger partial charge in [-0.05, 0) is 31.3 Å². The summed E-state index contributed by atoms with van der Waals surface area (Å²) in [5.74, 6) is -0.881. The quantitative estimate of drug-likeness (QED) is 0.729. The Labute approximate surface area is 133 Å². The molecule has 0 bridgehead atoms. The normalized spacial score (nSPS) is 12.6. The maximum atomic E-state index is 13.6. The molecular formula is C16H17ClFNOS. The van der Waals surface area contributed by atoms with E-state index < -0.39 is 5.82 Å². The Hall–Kier alpha value is -1.23. The largest absolute Gasteiger partial charge is 0.301 e. The van der Waals surface area contributed by atoms with Crippen LogP contribution in [0.1, 0.15) is 22.2 Å². The average molecular weight is 326 g/mol. The van der Waals surface area contributed by atoms with Crippen LogP contribution in [0.5, 0.6) is 0 Å². The Balaban J connectivity index is 1.96. The third kappa shape index (κ3) is 4.37. The van der Waals surface area contributed by atoms with Crippen molar-refractivity contribution in [3.05, 3.63) is 57.0 Å². The zero-order valence-electron chi connectivity index (χ0n) is 12.0. The van der Waals surface area contributed by atoms with Gasteiger partial charge in [-0.3, -0.25) is 4.79 Å². The molecule has 0 aliphatic carbocycles. The number of rotatable bonds is 6. The molecule has 0 amide bonds. The van der Waals surface area contributed by atoms with Crippen LogP contribution in [0, 0.1) is 11.7 Å². The lowest BCUT2D eigenvalue weighted by Crippen LogP contribution is -2.28. The van der Waals surface area contributed by atoms with Gasteiger partial charge in [0.05, 0.1) is 9.90 Å². The highest BCUT2D eigenvalue weighted by Crippen LogP contribution is 2.23. The maximum absolute atomic E-state index is 13.6. The van der Waals surface area contributed by atoms with E-state index in [9.17, 15) is 9.18 Å². The summed E-state index contributed by atoms with van der Waals surface area (Å²) in [5, 5.41) is 0. The number of carbonyl (C=O) groups excluding carboxylic acids is 1. The molecule has 0 aliphatic rings. The minimum Gasteiger partial charge on any atom is -0.301 e. The lowest BCUT2D eigenvalue weighted by atomic mass is 9.98. The topological polar surface area (TPSA) is 20.3 Å². The first-order valence-corrected chi connectivity index (χ1v) is 7.88. The molecule has 0 saturated carbocycles. The molecule has 0 spiro atoms. The fourth-order valence-corrected chi connectivity index (χ4v) is 3.41. The average Bonchev–Trinajstić information content (AvgIpc) is 2.83. The predicted molar refractivity (Wildman–Crippen MR) is 85.6 cm³/mol. The molecule has 1 atom stereocenters. The number of carbonyl (C=O) groups is 1. The van der Waals surface area contributed by atoms with Crippen molar-refractivity contribution in [2.75, 3.05) is 13.6 Å². The SMILES string of the molecule is CC(CN(C)Cc1ccc(Cl)s1)C(=O)c1ccccc1F. The van der Waals surface area contributed by atoms with Crippen molar-refractivity contribution in [3.63, 3.8) is 0 Å². The number of hydrogen-bond donors (Lipinski definition) is 0. The summed E-state index contributed by atoms with van der Waals surface area (Å²) in [6.07, 6.45) is 0. The van der Waals surface area contributed by atoms with Crippen molar-refractivity contribution in [1.82, 2.24) is 4.90 Å². The third-order valence-electron chi connectivity index (χ3n) is 3.23. The van der Waals surface area contributed by atoms with Gasteiger partial charge in [-0.2, -0.15) is 0 Å². The van der Waals surface area contributed by atoms with Crippen LogP contribution in [-0.4, -0.2) is 24.3 Å². The zero-order chi connectivity index (χ0) is 15.4. The summed E-state index contributed by atoms with van der Waals surface area (Å²) < 4.78 is 14.4. The molecule has 112 valence electrons. The molecule has 2 rings (SSSR count). The molecule has 2 nitrogen and oxygen atoms in total. The van der Waals surface area contributed by atoms with E-state index in [2.05, 4.69) is 0 Å². The summed E-state index contributed by atoms with van der Waals surface area (Å²) in [7, 11) is 1.94. The van der Waals surface area contributed by atoms with Crippen LogP contribution < -0.4 is 0 Å². The fourth-order valence-electron chi connectivity index (χ4n) is 2.24. The molecule has 1 unspecified atom stereocenters. The van der Waals surface area contributed by atoms with E-state index in [0.29, 0.717) is 6.54 Å². The number of hydrogen-bond acceptors (Lipinski definition) is 3. The Kier molecular flexibility index (Phi) is 5.51. The van der Waals surface area contributed by atoms with Crippen LogP contribution in [0.3, 0.4) is 0 Å². The summed E-state index contributed by atoms with van der Waals surface area (Å²) >= 11 is 7.43. The van der Waals surface area contributed by atoms with Crippen LogP contribution in [0.4, 0.5) is 4.39 Å². The molecule has 1 aromatic heterocycles. The van der Waals surface area contributed by atoms with E-state index in [0.717, 1.165) is 15.8 Å². The van der Waals surface area contributed by atoms with Gasteiger partial charge in [-0.15, -0.1) is 11.3 Å². The molecule has 2 aromatic rings. The fraction of sp³-hybridized carbons (Fsp3) is 0.312. The third-order valence-corrected chi connectivity index (χ3v) is 4.44. The van der Waals surface area contributed by atoms with Crippen molar-refractivity contribution in [2.24, 2.45) is 5.92 Å². The first-order valence-electron chi connectivity index (χ1n) is 6.69. The van der Waals surface area contributed by atoms with Gasteiger partial charge in [0, 0.05) is 23.9 Å². The minimum absolute atomic E-state index is 0.163. The number of Topliss-reactive ketones (excluding diaryl/α,β-unsaturated/α-hetero) is 1. The van der Waals surface area contributed by atoms with Crippen LogP contribution >= 0.6 is 22.9 Å². The molecule has 0 aliphatic heterocycles. The molecule has 0 N–H and O–H groups in total. The van der Waals surface area contributed by atoms with Gasteiger partial charge in [0.1, 0.15) is 5.82 Å². The molecule has 1 aromatic carbocycles. The van der Waals surface area contributed by atoms with Gasteiger partial charge < -0.3 is 4.90 Å². The van der Waals surface area contributed by atoms with Gasteiger partial charge in [0.15, 0.2) is 5.78 Å². The first-order chi connectivity index (χ1) is 9.97. The smallest absolute Gasteiger partial charge is 0.169 e. The minimum atomic E-state index is -0.456. The zero-order valence-corrected chi connectivity index (χ0v) is 13.5. The van der Waals surface area contributed by atoms with Gasteiger partial charge >= 0.3 is 0 Å². The van der Waals surface area contributed by atoms with Crippen LogP contribution in [-0.2, 0) is 6.54 Å². The summed E-state index contributed by atoms with van der Waals surface area (Å²) in [6, 6.07) is 9.96. The Bertz CT molecular complexity index is 628. The number of halogens is 2. The molecule has 1 heterocycles. The highest BCUT2D eigenvalue weighted by Gasteiger charge is 2.20. The Morgan fingerprint density at radius 2 is 2.05 bits per heavy atom. The first kappa shape index (κ1) is 16.1. The Morgan fingerprint density at radius 1 is 1.33 bits per heavy atom. The second-order valence-electron chi connectivity index (χ2n) is 5.15. The van der Waals surface area contributed by atoms with Crippen LogP contribution in [0.25, 0.3) is 0 Å². The molecule has 5 heteroatoms. The van der Waals surface area contributed by atoms with Crippen LogP contribution in [0.15, 0.2) is 36.4 Å². The van der Waals surface area contributed by atoms with E-state index in [4.69, 9.17) is 11.6 Å². The lowest BCUT2D eigenvalue weighted by molar-refractivity contribution is 0.0897. The number of thiophene rings is 1. The number of benzene rings is 1. The van der Waals surface area contributed by atoms with E-state index >= 15 is 0 Å². The lowest BCUT2D eigenvalue weighted by Gasteiger charge is -2.20. The van der Waals surface area contributed by atoms with Gasteiger partial charge in [-0.25, -0.2) is 4.39 Å². The molecule has 0 radical (unpaired) electrons. The highest BCUT2D eigenvalue weighted by molar-refractivity contribution is 7.16. The summed E-state index contributed by atoms with van der Waals surface area (Å²) in [5.41, 5.74) is 0.164. The monoisotopic (exact) mass is 325 g/mol. The van der Waals surface area contributed by atoms with Gasteiger partial charge in [0.2, 0.25) is 0 Å². The van der Waals surface area contributed by atoms with E-state index in [1.807, 2.05) is 31.0 Å². The van der Waals surface area contributed by atoms with Gasteiger partial charge in [-0.1, -0.05) is 30.7 Å². The van der Waals surface area contributed by atoms with Crippen molar-refractivity contribution < 1.29 is 9.18 Å². The molecule has 0 saturated heterocycles. The number of ketones is 1. The maximum Gasteiger partial charge on any atom is 0.169 e. The predicted octanol–water partition coefficient (Wildman–Crippen LogP) is 4.49. The van der Waals surface area contributed by atoms with E-state index in [1.165, 1.54) is 23.5 Å².